The lowest BCUT2D eigenvalue weighted by Gasteiger charge is -2.14. The summed E-state index contributed by atoms with van der Waals surface area (Å²) in [6.07, 6.45) is 4.42. The van der Waals surface area contributed by atoms with E-state index in [9.17, 15) is 4.79 Å². The third-order valence-corrected chi connectivity index (χ3v) is 3.08. The van der Waals surface area contributed by atoms with Gasteiger partial charge in [-0.3, -0.25) is 4.79 Å². The van der Waals surface area contributed by atoms with E-state index in [0.29, 0.717) is 12.3 Å². The number of rotatable bonds is 4. The van der Waals surface area contributed by atoms with Gasteiger partial charge in [0.1, 0.15) is 0 Å². The Bertz CT molecular complexity index is 392. The maximum atomic E-state index is 11.4. The van der Waals surface area contributed by atoms with Crippen LogP contribution in [0.1, 0.15) is 24.8 Å². The molecule has 1 saturated heterocycles. The van der Waals surface area contributed by atoms with Crippen molar-refractivity contribution in [2.75, 3.05) is 13.7 Å². The van der Waals surface area contributed by atoms with Gasteiger partial charge in [-0.1, -0.05) is 6.07 Å². The number of carbonyl (C=O) groups is 1. The third kappa shape index (κ3) is 3.70. The molecule has 1 aliphatic heterocycles. The second kappa shape index (κ2) is 6.35. The quantitative estimate of drug-likeness (QED) is 0.830. The van der Waals surface area contributed by atoms with E-state index in [-0.39, 0.29) is 11.9 Å². The minimum atomic E-state index is 0.137. The predicted octanol–water partition coefficient (Wildman–Crippen LogP) is 0.848. The number of nitrogens with one attached hydrogen (secondary N) is 2. The zero-order chi connectivity index (χ0) is 12.8. The van der Waals surface area contributed by atoms with Crippen molar-refractivity contribution in [3.05, 3.63) is 23.9 Å². The van der Waals surface area contributed by atoms with Crippen LogP contribution >= 0.6 is 0 Å². The second-order valence-electron chi connectivity index (χ2n) is 4.48. The van der Waals surface area contributed by atoms with E-state index in [1.807, 2.05) is 12.1 Å². The van der Waals surface area contributed by atoms with E-state index < -0.39 is 0 Å². The van der Waals surface area contributed by atoms with Crippen LogP contribution in [0.15, 0.2) is 18.3 Å². The first-order chi connectivity index (χ1) is 8.78. The molecule has 0 radical (unpaired) electrons. The van der Waals surface area contributed by atoms with Crippen LogP contribution in [0.4, 0.5) is 0 Å². The molecule has 0 spiro atoms. The number of amides is 1. The summed E-state index contributed by atoms with van der Waals surface area (Å²) >= 11 is 0. The first-order valence-corrected chi connectivity index (χ1v) is 6.27. The van der Waals surface area contributed by atoms with E-state index in [0.717, 1.165) is 31.5 Å². The SMILES string of the molecule is COc1ccc(CNC2CCCNC(=O)C2)cn1. The summed E-state index contributed by atoms with van der Waals surface area (Å²) in [5.74, 6) is 0.755. The van der Waals surface area contributed by atoms with Crippen LogP contribution in [-0.2, 0) is 11.3 Å². The Morgan fingerprint density at radius 3 is 3.17 bits per heavy atom. The number of nitrogens with zero attached hydrogens (tertiary/aromatic N) is 1. The van der Waals surface area contributed by atoms with Crippen molar-refractivity contribution in [2.24, 2.45) is 0 Å². The molecule has 1 amide bonds. The topological polar surface area (TPSA) is 63.2 Å². The van der Waals surface area contributed by atoms with Gasteiger partial charge in [-0.05, 0) is 18.4 Å². The fraction of sp³-hybridized carbons (Fsp3) is 0.538. The van der Waals surface area contributed by atoms with Crippen LogP contribution in [-0.4, -0.2) is 30.6 Å². The largest absolute Gasteiger partial charge is 0.481 e. The zero-order valence-corrected chi connectivity index (χ0v) is 10.6. The normalized spacial score (nSPS) is 20.1. The molecule has 1 aliphatic rings. The summed E-state index contributed by atoms with van der Waals surface area (Å²) in [5, 5.41) is 6.28. The molecule has 0 bridgehead atoms. The number of methoxy groups -OCH3 is 1. The fourth-order valence-corrected chi connectivity index (χ4v) is 2.05. The summed E-state index contributed by atoms with van der Waals surface area (Å²) in [6, 6.07) is 4.08. The number of pyridine rings is 1. The van der Waals surface area contributed by atoms with Crippen LogP contribution in [0.5, 0.6) is 5.88 Å². The highest BCUT2D eigenvalue weighted by Gasteiger charge is 2.16. The van der Waals surface area contributed by atoms with E-state index in [1.54, 1.807) is 13.3 Å². The van der Waals surface area contributed by atoms with E-state index in [2.05, 4.69) is 15.6 Å². The number of aromatic nitrogens is 1. The predicted molar refractivity (Wildman–Crippen MR) is 68.3 cm³/mol. The molecule has 5 heteroatoms. The van der Waals surface area contributed by atoms with Gasteiger partial charge in [0.2, 0.25) is 11.8 Å². The molecule has 0 aliphatic carbocycles. The molecule has 5 nitrogen and oxygen atoms in total. The number of ether oxygens (including phenoxy) is 1. The average Bonchev–Trinajstić information content (AvgIpc) is 2.61. The molecule has 1 fully saturated rings. The molecular weight excluding hydrogens is 230 g/mol. The fourth-order valence-electron chi connectivity index (χ4n) is 2.05. The summed E-state index contributed by atoms with van der Waals surface area (Å²) < 4.78 is 5.01. The standard InChI is InChI=1S/C13H19N3O2/c1-18-13-5-4-10(9-16-13)8-15-11-3-2-6-14-12(17)7-11/h4-5,9,11,15H,2-3,6-8H2,1H3,(H,14,17). The van der Waals surface area contributed by atoms with Gasteiger partial charge in [-0.25, -0.2) is 4.98 Å². The molecule has 1 unspecified atom stereocenters. The van der Waals surface area contributed by atoms with Crippen molar-refractivity contribution in [2.45, 2.75) is 31.8 Å². The maximum Gasteiger partial charge on any atom is 0.221 e. The summed E-state index contributed by atoms with van der Waals surface area (Å²) in [5.41, 5.74) is 1.10. The lowest BCUT2D eigenvalue weighted by molar-refractivity contribution is -0.121. The van der Waals surface area contributed by atoms with Crippen molar-refractivity contribution in [3.8, 4) is 5.88 Å². The minimum Gasteiger partial charge on any atom is -0.481 e. The molecule has 2 N–H and O–H groups in total. The van der Waals surface area contributed by atoms with Crippen molar-refractivity contribution >= 4 is 5.91 Å². The molecule has 0 aromatic carbocycles. The first kappa shape index (κ1) is 12.8. The van der Waals surface area contributed by atoms with Crippen molar-refractivity contribution < 1.29 is 9.53 Å². The van der Waals surface area contributed by atoms with Crippen molar-refractivity contribution in [1.82, 2.24) is 15.6 Å². The Balaban J connectivity index is 1.84. The summed E-state index contributed by atoms with van der Waals surface area (Å²) in [4.78, 5) is 15.6. The van der Waals surface area contributed by atoms with Gasteiger partial charge in [0, 0.05) is 37.8 Å². The summed E-state index contributed by atoms with van der Waals surface area (Å²) in [6.45, 7) is 1.52. The van der Waals surface area contributed by atoms with Crippen LogP contribution in [0.2, 0.25) is 0 Å². The Morgan fingerprint density at radius 1 is 1.56 bits per heavy atom. The Hall–Kier alpha value is -1.62. The Labute approximate surface area is 107 Å². The molecule has 1 aromatic heterocycles. The van der Waals surface area contributed by atoms with Gasteiger partial charge in [-0.15, -0.1) is 0 Å². The smallest absolute Gasteiger partial charge is 0.221 e. The number of carbonyl (C=O) groups excluding carboxylic acids is 1. The minimum absolute atomic E-state index is 0.137. The van der Waals surface area contributed by atoms with Crippen molar-refractivity contribution in [1.29, 1.82) is 0 Å². The van der Waals surface area contributed by atoms with Gasteiger partial charge in [0.15, 0.2) is 0 Å². The molecule has 98 valence electrons. The highest BCUT2D eigenvalue weighted by molar-refractivity contribution is 5.76. The molecule has 18 heavy (non-hydrogen) atoms. The zero-order valence-electron chi connectivity index (χ0n) is 10.6. The van der Waals surface area contributed by atoms with E-state index >= 15 is 0 Å². The van der Waals surface area contributed by atoms with E-state index in [1.165, 1.54) is 0 Å². The van der Waals surface area contributed by atoms with Gasteiger partial charge in [0.25, 0.3) is 0 Å². The lowest BCUT2D eigenvalue weighted by atomic mass is 10.1. The van der Waals surface area contributed by atoms with Gasteiger partial charge < -0.3 is 15.4 Å². The number of hydrogen-bond acceptors (Lipinski definition) is 4. The van der Waals surface area contributed by atoms with Gasteiger partial charge in [0.05, 0.1) is 7.11 Å². The van der Waals surface area contributed by atoms with Gasteiger partial charge >= 0.3 is 0 Å². The molecule has 0 saturated carbocycles. The highest BCUT2D eigenvalue weighted by atomic mass is 16.5. The monoisotopic (exact) mass is 249 g/mol. The van der Waals surface area contributed by atoms with Gasteiger partial charge in [-0.2, -0.15) is 0 Å². The number of hydrogen-bond donors (Lipinski definition) is 2. The average molecular weight is 249 g/mol. The first-order valence-electron chi connectivity index (χ1n) is 6.27. The molecule has 2 heterocycles. The van der Waals surface area contributed by atoms with E-state index in [4.69, 9.17) is 4.74 Å². The molecule has 1 aromatic rings. The van der Waals surface area contributed by atoms with Crippen LogP contribution in [0, 0.1) is 0 Å². The van der Waals surface area contributed by atoms with Crippen LogP contribution < -0.4 is 15.4 Å². The third-order valence-electron chi connectivity index (χ3n) is 3.08. The Morgan fingerprint density at radius 2 is 2.44 bits per heavy atom. The van der Waals surface area contributed by atoms with Crippen LogP contribution in [0.3, 0.4) is 0 Å². The van der Waals surface area contributed by atoms with Crippen molar-refractivity contribution in [3.63, 3.8) is 0 Å². The highest BCUT2D eigenvalue weighted by Crippen LogP contribution is 2.09. The lowest BCUT2D eigenvalue weighted by Crippen LogP contribution is -2.32. The molecular formula is C13H19N3O2. The maximum absolute atomic E-state index is 11.4. The molecule has 2 rings (SSSR count). The Kier molecular flexibility index (Phi) is 4.52. The van der Waals surface area contributed by atoms with Crippen LogP contribution in [0.25, 0.3) is 0 Å². The summed E-state index contributed by atoms with van der Waals surface area (Å²) in [7, 11) is 1.60. The molecule has 1 atom stereocenters. The second-order valence-corrected chi connectivity index (χ2v) is 4.48.